The monoisotopic (exact) mass is 723 g/mol. The Bertz CT molecular complexity index is 1510. The van der Waals surface area contributed by atoms with Crippen molar-refractivity contribution in [3.05, 3.63) is 78.9 Å². The van der Waals surface area contributed by atoms with E-state index in [0.717, 1.165) is 16.8 Å². The number of benzene rings is 2. The van der Waals surface area contributed by atoms with Crippen LogP contribution in [0.5, 0.6) is 5.75 Å². The van der Waals surface area contributed by atoms with Crippen LogP contribution >= 0.6 is 27.7 Å². The predicted octanol–water partition coefficient (Wildman–Crippen LogP) is 5.92. The Morgan fingerprint density at radius 3 is 2.26 bits per heavy atom. The number of aliphatic hydroxyl groups is 1. The van der Waals surface area contributed by atoms with E-state index in [-0.39, 0.29) is 53.4 Å². The predicted molar refractivity (Wildman–Crippen MR) is 193 cm³/mol. The average Bonchev–Trinajstić information content (AvgIpc) is 3.63. The van der Waals surface area contributed by atoms with Crippen LogP contribution < -0.4 is 14.5 Å². The number of alkyl halides is 1. The molecule has 3 heterocycles. The zero-order chi connectivity index (χ0) is 34.2. The molecule has 2 aromatic carbocycles. The van der Waals surface area contributed by atoms with Crippen LogP contribution in [-0.2, 0) is 14.4 Å². The Hall–Kier alpha value is -3.08. The van der Waals surface area contributed by atoms with Crippen LogP contribution in [0.2, 0.25) is 0 Å². The second-order valence-electron chi connectivity index (χ2n) is 13.0. The Labute approximate surface area is 291 Å². The van der Waals surface area contributed by atoms with Gasteiger partial charge in [-0.1, -0.05) is 60.1 Å². The van der Waals surface area contributed by atoms with Crippen molar-refractivity contribution in [3.63, 3.8) is 0 Å². The van der Waals surface area contributed by atoms with E-state index in [9.17, 15) is 14.7 Å². The summed E-state index contributed by atoms with van der Waals surface area (Å²) in [6.45, 7) is 18.4. The number of rotatable bonds is 13. The van der Waals surface area contributed by atoms with Crippen LogP contribution in [-0.4, -0.2) is 80.9 Å². The average molecular weight is 725 g/mol. The van der Waals surface area contributed by atoms with Crippen molar-refractivity contribution >= 4 is 56.8 Å². The Morgan fingerprint density at radius 2 is 1.70 bits per heavy atom. The lowest BCUT2D eigenvalue weighted by Crippen LogP contribution is -2.59. The molecule has 3 aliphatic heterocycles. The fourth-order valence-electron chi connectivity index (χ4n) is 7.93. The molecule has 1 N–H and O–H groups in total. The summed E-state index contributed by atoms with van der Waals surface area (Å²) in [4.78, 5) is 49.8. The minimum Gasteiger partial charge on any atom is -0.494 e. The molecule has 0 radical (unpaired) electrons. The van der Waals surface area contributed by atoms with Gasteiger partial charge in [0.15, 0.2) is 0 Å². The van der Waals surface area contributed by atoms with Gasteiger partial charge >= 0.3 is 0 Å². The van der Waals surface area contributed by atoms with E-state index in [1.54, 1.807) is 38.6 Å². The van der Waals surface area contributed by atoms with Crippen molar-refractivity contribution in [1.29, 1.82) is 0 Å². The summed E-state index contributed by atoms with van der Waals surface area (Å²) in [5.41, 5.74) is 3.36. The molecule has 8 nitrogen and oxygen atoms in total. The van der Waals surface area contributed by atoms with Crippen LogP contribution in [0.4, 0.5) is 11.4 Å². The highest BCUT2D eigenvalue weighted by Gasteiger charge is 2.76. The topological polar surface area (TPSA) is 90.4 Å². The number of nitrogens with zero attached hydrogens (tertiary/aromatic N) is 3. The number of anilines is 2. The van der Waals surface area contributed by atoms with Crippen molar-refractivity contribution in [1.82, 2.24) is 4.90 Å². The first-order valence-corrected chi connectivity index (χ1v) is 18.1. The molecule has 3 aliphatic rings. The lowest BCUT2D eigenvalue weighted by Gasteiger charge is -2.41. The molecule has 3 unspecified atom stereocenters. The third-order valence-electron chi connectivity index (χ3n) is 9.88. The summed E-state index contributed by atoms with van der Waals surface area (Å²) in [6, 6.07) is 11.8. The second-order valence-corrected chi connectivity index (χ2v) is 15.8. The Morgan fingerprint density at radius 1 is 1.09 bits per heavy atom. The first-order valence-electron chi connectivity index (χ1n) is 16.4. The highest BCUT2D eigenvalue weighted by molar-refractivity contribution is 9.09. The van der Waals surface area contributed by atoms with E-state index < -0.39 is 28.7 Å². The van der Waals surface area contributed by atoms with Crippen molar-refractivity contribution in [3.8, 4) is 5.75 Å². The van der Waals surface area contributed by atoms with E-state index in [2.05, 4.69) is 29.1 Å². The number of hydrogen-bond donors (Lipinski definition) is 1. The SMILES string of the molecule is C=CCN(C(=O)[C@H]1[C@H]2C(=O)N([C@@H](CO)C(C)C)C(C(=O)N(CC=C)c3c(C)cccc3C)C23CC(Br)[C@@H]1S3)c1ccc(OCC)cc1. The quantitative estimate of drug-likeness (QED) is 0.204. The summed E-state index contributed by atoms with van der Waals surface area (Å²) in [5, 5.41) is 10.5. The number of hydrogen-bond acceptors (Lipinski definition) is 6. The summed E-state index contributed by atoms with van der Waals surface area (Å²) in [5.74, 6) is -1.47. The molecule has 10 heteroatoms. The van der Waals surface area contributed by atoms with Gasteiger partial charge in [-0.2, -0.15) is 0 Å². The van der Waals surface area contributed by atoms with E-state index in [4.69, 9.17) is 4.74 Å². The number of thioether (sulfide) groups is 1. The standard InChI is InChI=1S/C37H46BrN3O5S/c1-8-18-39(25-14-16-26(17-15-25)46-10-3)34(43)29-30-35(44)41(28(21-42)22(4)5)33(37(30)20-27(38)32(29)47-37)36(45)40(19-9-2)31-23(6)12-11-13-24(31)7/h8-9,11-17,22,27-30,32-33,42H,1-2,10,18-21H2,3-7H3/t27?,28-,29-,30-,32-,33?,37?/m0/s1. The van der Waals surface area contributed by atoms with E-state index in [1.165, 1.54) is 0 Å². The summed E-state index contributed by atoms with van der Waals surface area (Å²) in [6.07, 6.45) is 3.93. The molecule has 252 valence electrons. The maximum atomic E-state index is 15.1. The smallest absolute Gasteiger partial charge is 0.251 e. The largest absolute Gasteiger partial charge is 0.494 e. The molecule has 0 saturated carbocycles. The Balaban J connectivity index is 1.63. The maximum Gasteiger partial charge on any atom is 0.251 e. The van der Waals surface area contributed by atoms with Gasteiger partial charge in [-0.25, -0.2) is 0 Å². The van der Waals surface area contributed by atoms with Gasteiger partial charge in [0.05, 0.1) is 35.8 Å². The van der Waals surface area contributed by atoms with Crippen molar-refractivity contribution in [2.45, 2.75) is 67.9 Å². The number of carbonyl (C=O) groups excluding carboxylic acids is 3. The second kappa shape index (κ2) is 14.2. The van der Waals surface area contributed by atoms with Gasteiger partial charge in [-0.05, 0) is 68.5 Å². The molecule has 3 amide bonds. The summed E-state index contributed by atoms with van der Waals surface area (Å²) < 4.78 is 4.75. The van der Waals surface area contributed by atoms with E-state index >= 15 is 4.79 Å². The summed E-state index contributed by atoms with van der Waals surface area (Å²) >= 11 is 5.49. The zero-order valence-electron chi connectivity index (χ0n) is 27.9. The van der Waals surface area contributed by atoms with Crippen LogP contribution in [0.1, 0.15) is 38.3 Å². The zero-order valence-corrected chi connectivity index (χ0v) is 30.3. The molecule has 2 bridgehead atoms. The first kappa shape index (κ1) is 35.2. The van der Waals surface area contributed by atoms with Crippen molar-refractivity contribution < 1.29 is 24.2 Å². The Kier molecular flexibility index (Phi) is 10.6. The normalized spacial score (nSPS) is 26.7. The fraction of sp³-hybridized carbons (Fsp3) is 0.486. The van der Waals surface area contributed by atoms with Crippen LogP contribution in [0.25, 0.3) is 0 Å². The third kappa shape index (κ3) is 5.95. The minimum atomic E-state index is -0.885. The number of ether oxygens (including phenoxy) is 1. The van der Waals surface area contributed by atoms with E-state index in [0.29, 0.717) is 24.5 Å². The van der Waals surface area contributed by atoms with Gasteiger partial charge in [0.25, 0.3) is 5.91 Å². The van der Waals surface area contributed by atoms with Gasteiger partial charge in [0, 0.05) is 34.5 Å². The molecule has 1 spiro atoms. The molecular weight excluding hydrogens is 678 g/mol. The maximum absolute atomic E-state index is 15.1. The number of amides is 3. The molecule has 3 saturated heterocycles. The number of aliphatic hydroxyl groups excluding tert-OH is 1. The van der Waals surface area contributed by atoms with E-state index in [1.807, 2.05) is 77.1 Å². The van der Waals surface area contributed by atoms with Gasteiger partial charge < -0.3 is 24.5 Å². The van der Waals surface area contributed by atoms with Gasteiger partial charge in [-0.3, -0.25) is 14.4 Å². The number of likely N-dealkylation sites (tertiary alicyclic amines) is 1. The lowest BCUT2D eigenvalue weighted by molar-refractivity contribution is -0.142. The van der Waals surface area contributed by atoms with Crippen molar-refractivity contribution in [2.24, 2.45) is 17.8 Å². The first-order chi connectivity index (χ1) is 22.5. The van der Waals surface area contributed by atoms with Crippen LogP contribution in [0, 0.1) is 31.6 Å². The lowest BCUT2D eigenvalue weighted by atomic mass is 9.70. The van der Waals surface area contributed by atoms with Crippen LogP contribution in [0.15, 0.2) is 67.8 Å². The molecular formula is C37H46BrN3O5S. The molecule has 5 rings (SSSR count). The van der Waals surface area contributed by atoms with Crippen molar-refractivity contribution in [2.75, 3.05) is 36.1 Å². The molecule has 47 heavy (non-hydrogen) atoms. The fourth-order valence-corrected chi connectivity index (χ4v) is 11.5. The highest BCUT2D eigenvalue weighted by atomic mass is 79.9. The molecule has 0 aliphatic carbocycles. The molecule has 2 aromatic rings. The molecule has 7 atom stereocenters. The highest BCUT2D eigenvalue weighted by Crippen LogP contribution is 2.68. The van der Waals surface area contributed by atoms with Gasteiger partial charge in [0.2, 0.25) is 11.8 Å². The number of halogens is 1. The number of fused-ring (bicyclic) bond motifs is 1. The molecule has 0 aromatic heterocycles. The van der Waals surface area contributed by atoms with Gasteiger partial charge in [-0.15, -0.1) is 24.9 Å². The third-order valence-corrected chi connectivity index (χ3v) is 13.1. The molecule has 3 fully saturated rings. The number of aryl methyl sites for hydroxylation is 2. The van der Waals surface area contributed by atoms with Gasteiger partial charge in [0.1, 0.15) is 11.8 Å². The minimum absolute atomic E-state index is 0.0914. The van der Waals surface area contributed by atoms with Crippen LogP contribution in [0.3, 0.4) is 0 Å². The number of carbonyl (C=O) groups is 3. The number of para-hydroxylation sites is 1. The summed E-state index contributed by atoms with van der Waals surface area (Å²) in [7, 11) is 0.